The average Bonchev–Trinajstić information content (AvgIpc) is 2.44. The number of rotatable bonds is 1. The molecule has 0 unspecified atom stereocenters. The number of aldehydes is 1. The van der Waals surface area contributed by atoms with Crippen molar-refractivity contribution in [2.24, 2.45) is 0 Å². The van der Waals surface area contributed by atoms with Crippen molar-refractivity contribution in [3.8, 4) is 5.75 Å². The van der Waals surface area contributed by atoms with Crippen LogP contribution in [0.25, 0.3) is 9.65 Å². The van der Waals surface area contributed by atoms with Crippen LogP contribution in [0.4, 0.5) is 0 Å². The van der Waals surface area contributed by atoms with Crippen molar-refractivity contribution >= 4 is 30.4 Å². The van der Waals surface area contributed by atoms with E-state index < -0.39 is 0 Å². The monoisotopic (exact) mass is 226 g/mol. The zero-order valence-corrected chi connectivity index (χ0v) is 7.86. The summed E-state index contributed by atoms with van der Waals surface area (Å²) in [5.74, 6) is 0.167. The van der Waals surface area contributed by atoms with Gasteiger partial charge in [0.25, 0.3) is 0 Å². The summed E-state index contributed by atoms with van der Waals surface area (Å²) >= 11 is 0.00241. The molecule has 1 N–H and O–H groups in total. The van der Waals surface area contributed by atoms with E-state index in [9.17, 15) is 9.90 Å². The first-order valence-electron chi connectivity index (χ1n) is 3.48. The van der Waals surface area contributed by atoms with E-state index in [2.05, 4.69) is 0 Å². The van der Waals surface area contributed by atoms with Gasteiger partial charge in [-0.1, -0.05) is 0 Å². The van der Waals surface area contributed by atoms with Gasteiger partial charge in [0.1, 0.15) is 0 Å². The fraction of sp³-hybridized carbons (Fsp3) is 0. The Morgan fingerprint density at radius 3 is 2.75 bits per heavy atom. The van der Waals surface area contributed by atoms with Crippen LogP contribution in [0.15, 0.2) is 24.3 Å². The predicted molar refractivity (Wildman–Crippen MR) is 47.9 cm³/mol. The van der Waals surface area contributed by atoms with Crippen molar-refractivity contribution in [3.05, 3.63) is 28.7 Å². The molecule has 60 valence electrons. The minimum absolute atomic E-state index is 0.00241. The molecule has 0 bridgehead atoms. The second-order valence-corrected chi connectivity index (χ2v) is 4.70. The van der Waals surface area contributed by atoms with Crippen LogP contribution in [0, 0.1) is 0 Å². The topological polar surface area (TPSA) is 37.3 Å². The van der Waals surface area contributed by atoms with Gasteiger partial charge in [-0.05, 0) is 0 Å². The van der Waals surface area contributed by atoms with Gasteiger partial charge in [-0.15, -0.1) is 0 Å². The van der Waals surface area contributed by atoms with Gasteiger partial charge in [-0.3, -0.25) is 0 Å². The molecule has 0 aliphatic rings. The van der Waals surface area contributed by atoms with Crippen LogP contribution in [0.1, 0.15) is 9.23 Å². The van der Waals surface area contributed by atoms with E-state index in [1.165, 1.54) is 0 Å². The maximum atomic E-state index is 10.5. The SMILES string of the molecule is O=Cc1[se]c2ccccc2c1O. The summed E-state index contributed by atoms with van der Waals surface area (Å²) in [7, 11) is 0. The molecule has 0 radical (unpaired) electrons. The molecule has 1 heterocycles. The molecule has 0 amide bonds. The number of fused-ring (bicyclic) bond motifs is 1. The Hall–Kier alpha value is -1.05. The summed E-state index contributed by atoms with van der Waals surface area (Å²) in [5, 5.41) is 10.3. The normalized spacial score (nSPS) is 10.3. The Balaban J connectivity index is 2.87. The summed E-state index contributed by atoms with van der Waals surface area (Å²) < 4.78 is 1.63. The summed E-state index contributed by atoms with van der Waals surface area (Å²) in [6, 6.07) is 7.56. The Kier molecular flexibility index (Phi) is 1.75. The quantitative estimate of drug-likeness (QED) is 0.588. The van der Waals surface area contributed by atoms with Gasteiger partial charge in [-0.2, -0.15) is 0 Å². The van der Waals surface area contributed by atoms with Gasteiger partial charge in [-0.25, -0.2) is 0 Å². The van der Waals surface area contributed by atoms with E-state index in [1.54, 1.807) is 0 Å². The molecule has 3 heteroatoms. The molecule has 2 nitrogen and oxygen atoms in total. The van der Waals surface area contributed by atoms with Gasteiger partial charge in [0.15, 0.2) is 0 Å². The summed E-state index contributed by atoms with van der Waals surface area (Å²) in [5.41, 5.74) is 0. The van der Waals surface area contributed by atoms with Crippen molar-refractivity contribution in [3.63, 3.8) is 0 Å². The predicted octanol–water partition coefficient (Wildman–Crippen LogP) is 1.41. The molecular weight excluding hydrogens is 219 g/mol. The third kappa shape index (κ3) is 0.986. The van der Waals surface area contributed by atoms with Crippen molar-refractivity contribution in [2.75, 3.05) is 0 Å². The molecule has 0 aliphatic heterocycles. The third-order valence-corrected chi connectivity index (χ3v) is 3.98. The van der Waals surface area contributed by atoms with Gasteiger partial charge in [0.05, 0.1) is 0 Å². The molecular formula is C9H6O2Se. The molecule has 1 aromatic heterocycles. The van der Waals surface area contributed by atoms with Crippen LogP contribution in [0.2, 0.25) is 0 Å². The number of carbonyl (C=O) groups excluding carboxylic acids is 1. The standard InChI is InChI=1S/C9H6O2Se/c10-5-8-9(11)6-3-1-2-4-7(6)12-8/h1-5,11H. The molecule has 12 heavy (non-hydrogen) atoms. The van der Waals surface area contributed by atoms with Gasteiger partial charge in [0, 0.05) is 0 Å². The van der Waals surface area contributed by atoms with E-state index in [1.807, 2.05) is 24.3 Å². The zero-order chi connectivity index (χ0) is 8.55. The second kappa shape index (κ2) is 2.77. The second-order valence-electron chi connectivity index (χ2n) is 2.43. The Morgan fingerprint density at radius 2 is 2.08 bits per heavy atom. The summed E-state index contributed by atoms with van der Waals surface area (Å²) in [6.07, 6.45) is 0.745. The van der Waals surface area contributed by atoms with Crippen LogP contribution in [0.3, 0.4) is 0 Å². The molecule has 0 saturated carbocycles. The third-order valence-electron chi connectivity index (χ3n) is 1.70. The van der Waals surface area contributed by atoms with Crippen LogP contribution in [0.5, 0.6) is 5.75 Å². The van der Waals surface area contributed by atoms with Gasteiger partial charge >= 0.3 is 74.8 Å². The molecule has 1 aromatic carbocycles. The van der Waals surface area contributed by atoms with Crippen LogP contribution in [-0.2, 0) is 0 Å². The van der Waals surface area contributed by atoms with Crippen LogP contribution < -0.4 is 0 Å². The van der Waals surface area contributed by atoms with E-state index in [0.717, 1.165) is 15.9 Å². The summed E-state index contributed by atoms with van der Waals surface area (Å²) in [6.45, 7) is 0. The Bertz CT molecular complexity index is 431. The molecule has 2 aromatic rings. The van der Waals surface area contributed by atoms with Crippen molar-refractivity contribution in [1.82, 2.24) is 0 Å². The number of benzene rings is 1. The molecule has 0 aliphatic carbocycles. The number of carbonyl (C=O) groups is 1. The fourth-order valence-electron chi connectivity index (χ4n) is 1.13. The van der Waals surface area contributed by atoms with Gasteiger partial charge in [0.2, 0.25) is 0 Å². The number of hydrogen-bond acceptors (Lipinski definition) is 2. The van der Waals surface area contributed by atoms with Crippen molar-refractivity contribution in [2.45, 2.75) is 0 Å². The minimum atomic E-state index is 0.00241. The molecule has 2 rings (SSSR count). The first-order valence-corrected chi connectivity index (χ1v) is 5.20. The van der Waals surface area contributed by atoms with E-state index in [4.69, 9.17) is 0 Å². The van der Waals surface area contributed by atoms with Crippen molar-refractivity contribution < 1.29 is 9.90 Å². The first-order chi connectivity index (χ1) is 5.83. The number of aromatic hydroxyl groups is 1. The van der Waals surface area contributed by atoms with Crippen molar-refractivity contribution in [1.29, 1.82) is 0 Å². The van der Waals surface area contributed by atoms with E-state index >= 15 is 0 Å². The molecule has 0 spiro atoms. The Morgan fingerprint density at radius 1 is 1.33 bits per heavy atom. The molecule has 0 fully saturated rings. The maximum absolute atomic E-state index is 10.5. The Labute approximate surface area is 75.2 Å². The average molecular weight is 225 g/mol. The zero-order valence-electron chi connectivity index (χ0n) is 6.15. The fourth-order valence-corrected chi connectivity index (χ4v) is 3.05. The molecule has 0 saturated heterocycles. The van der Waals surface area contributed by atoms with E-state index in [-0.39, 0.29) is 20.3 Å². The van der Waals surface area contributed by atoms with E-state index in [0.29, 0.717) is 4.44 Å². The first kappa shape index (κ1) is 7.59. The van der Waals surface area contributed by atoms with Crippen LogP contribution >= 0.6 is 0 Å². The molecule has 0 atom stereocenters. The van der Waals surface area contributed by atoms with Crippen LogP contribution in [-0.4, -0.2) is 25.9 Å². The van der Waals surface area contributed by atoms with Gasteiger partial charge < -0.3 is 0 Å². The summed E-state index contributed by atoms with van der Waals surface area (Å²) in [4.78, 5) is 10.5. The number of hydrogen-bond donors (Lipinski definition) is 1.